The topological polar surface area (TPSA) is 44.1 Å². The van der Waals surface area contributed by atoms with Crippen LogP contribution in [0.15, 0.2) is 0 Å². The van der Waals surface area contributed by atoms with E-state index in [1.54, 1.807) is 0 Å². The maximum Gasteiger partial charge on any atom is 0.244 e. The summed E-state index contributed by atoms with van der Waals surface area (Å²) < 4.78 is 2.48. The van der Waals surface area contributed by atoms with Crippen LogP contribution in [0.3, 0.4) is 0 Å². The van der Waals surface area contributed by atoms with Crippen molar-refractivity contribution in [3.8, 4) is 0 Å². The molecule has 0 radical (unpaired) electrons. The second-order valence-electron chi connectivity index (χ2n) is 16.2. The predicted octanol–water partition coefficient (Wildman–Crippen LogP) is 14.0. The normalized spacial score (nSPS) is 13.0. The second kappa shape index (κ2) is 39.2. The van der Waals surface area contributed by atoms with Crippen molar-refractivity contribution in [2.24, 2.45) is 0 Å². The van der Waals surface area contributed by atoms with Gasteiger partial charge in [-0.15, -0.1) is 0 Å². The van der Waals surface area contributed by atoms with Gasteiger partial charge in [0.05, 0.1) is 6.54 Å². The highest BCUT2D eigenvalue weighted by molar-refractivity contribution is 5.78. The van der Waals surface area contributed by atoms with Crippen LogP contribution < -0.4 is 10.6 Å². The van der Waals surface area contributed by atoms with E-state index in [0.29, 0.717) is 6.42 Å². The molecule has 0 aromatic carbocycles. The van der Waals surface area contributed by atoms with E-state index in [0.717, 1.165) is 32.6 Å². The molecule has 4 nitrogen and oxygen atoms in total. The van der Waals surface area contributed by atoms with E-state index in [-0.39, 0.29) is 5.91 Å². The van der Waals surface area contributed by atoms with Gasteiger partial charge < -0.3 is 5.32 Å². The van der Waals surface area contributed by atoms with E-state index in [9.17, 15) is 4.79 Å². The molecular formula is C46H92N3O+. The van der Waals surface area contributed by atoms with Crippen molar-refractivity contribution in [2.45, 2.75) is 258 Å². The van der Waals surface area contributed by atoms with Gasteiger partial charge in [-0.25, -0.2) is 0 Å². The summed E-state index contributed by atoms with van der Waals surface area (Å²) in [5.74, 6) is 1.66. The van der Waals surface area contributed by atoms with Crippen molar-refractivity contribution in [1.29, 1.82) is 0 Å². The lowest BCUT2D eigenvalue weighted by atomic mass is 10.0. The molecule has 0 atom stereocenters. The Balaban J connectivity index is 1.84. The molecule has 0 bridgehead atoms. The molecular weight excluding hydrogens is 611 g/mol. The zero-order chi connectivity index (χ0) is 35.8. The summed E-state index contributed by atoms with van der Waals surface area (Å²) in [5.41, 5.74) is 0. The number of amides is 1. The third-order valence-corrected chi connectivity index (χ3v) is 11.3. The average molecular weight is 703 g/mol. The van der Waals surface area contributed by atoms with Crippen LogP contribution in [-0.2, 0) is 4.79 Å². The van der Waals surface area contributed by atoms with Crippen LogP contribution >= 0.6 is 0 Å². The van der Waals surface area contributed by atoms with Crippen LogP contribution in [0.25, 0.3) is 0 Å². The SMILES string of the molecule is CCCCCCCCCCCCCCCCCCCCCC1=[N+](CCNC(=O)CCCCCCCCCCCCCCCCCCC)CCN1. The van der Waals surface area contributed by atoms with Gasteiger partial charge in [-0.05, 0) is 12.8 Å². The molecule has 1 aliphatic heterocycles. The number of carbonyl (C=O) groups excluding carboxylic acids is 1. The number of hydrogen-bond donors (Lipinski definition) is 2. The standard InChI is InChI=1S/C46H91N3O/c1-3-5-7-9-11-13-15-17-19-21-22-24-25-27-29-31-33-35-37-39-45-47-41-43-49(45)44-42-48-46(50)40-38-36-34-32-30-28-26-23-20-18-16-14-12-10-8-6-4-2/h3-44H2,1-2H3,(H,48,50)/p+1. The summed E-state index contributed by atoms with van der Waals surface area (Å²) in [5, 5.41) is 6.81. The molecule has 0 unspecified atom stereocenters. The van der Waals surface area contributed by atoms with Crippen LogP contribution in [0.4, 0.5) is 0 Å². The van der Waals surface area contributed by atoms with Crippen molar-refractivity contribution in [2.75, 3.05) is 26.2 Å². The maximum atomic E-state index is 12.4. The minimum atomic E-state index is 0.249. The molecule has 4 heteroatoms. The van der Waals surface area contributed by atoms with Crippen molar-refractivity contribution in [1.82, 2.24) is 10.6 Å². The van der Waals surface area contributed by atoms with Crippen LogP contribution in [-0.4, -0.2) is 42.5 Å². The van der Waals surface area contributed by atoms with Crippen molar-refractivity contribution < 1.29 is 9.37 Å². The van der Waals surface area contributed by atoms with Crippen LogP contribution in [0.5, 0.6) is 0 Å². The number of amidine groups is 1. The molecule has 0 fully saturated rings. The first-order chi connectivity index (χ1) is 24.8. The van der Waals surface area contributed by atoms with E-state index >= 15 is 0 Å². The zero-order valence-corrected chi connectivity index (χ0v) is 34.6. The van der Waals surface area contributed by atoms with Crippen molar-refractivity contribution in [3.05, 3.63) is 0 Å². The lowest BCUT2D eigenvalue weighted by molar-refractivity contribution is -0.517. The zero-order valence-electron chi connectivity index (χ0n) is 34.6. The number of unbranched alkanes of at least 4 members (excludes halogenated alkanes) is 34. The molecule has 0 aliphatic carbocycles. The van der Waals surface area contributed by atoms with Gasteiger partial charge in [0, 0.05) is 12.8 Å². The fourth-order valence-corrected chi connectivity index (χ4v) is 7.88. The molecule has 1 amide bonds. The Morgan fingerprint density at radius 3 is 1.16 bits per heavy atom. The number of rotatable bonds is 41. The molecule has 0 saturated heterocycles. The highest BCUT2D eigenvalue weighted by atomic mass is 16.1. The Morgan fingerprint density at radius 1 is 0.480 bits per heavy atom. The predicted molar refractivity (Wildman–Crippen MR) is 223 cm³/mol. The summed E-state index contributed by atoms with van der Waals surface area (Å²) in [6, 6.07) is 0. The van der Waals surface area contributed by atoms with Gasteiger partial charge in [0.2, 0.25) is 11.7 Å². The summed E-state index contributed by atoms with van der Waals surface area (Å²) in [6.45, 7) is 8.47. The number of nitrogens with zero attached hydrogens (tertiary/aromatic N) is 1. The van der Waals surface area contributed by atoms with E-state index in [1.165, 1.54) is 237 Å². The molecule has 1 rings (SSSR count). The summed E-state index contributed by atoms with van der Waals surface area (Å²) >= 11 is 0. The first-order valence-electron chi connectivity index (χ1n) is 23.4. The minimum Gasteiger partial charge on any atom is -0.352 e. The fraction of sp³-hybridized carbons (Fsp3) is 0.957. The van der Waals surface area contributed by atoms with E-state index in [2.05, 4.69) is 29.1 Å². The summed E-state index contributed by atoms with van der Waals surface area (Å²) in [6.07, 6.45) is 52.5. The molecule has 0 spiro atoms. The molecule has 1 aliphatic rings. The van der Waals surface area contributed by atoms with Gasteiger partial charge >= 0.3 is 0 Å². The van der Waals surface area contributed by atoms with Gasteiger partial charge in [-0.2, -0.15) is 0 Å². The van der Waals surface area contributed by atoms with Gasteiger partial charge in [-0.3, -0.25) is 14.7 Å². The number of hydrogen-bond acceptors (Lipinski definition) is 2. The van der Waals surface area contributed by atoms with Crippen LogP contribution in [0.1, 0.15) is 258 Å². The highest BCUT2D eigenvalue weighted by Crippen LogP contribution is 2.16. The third kappa shape index (κ3) is 32.8. The Labute approximate surface area is 315 Å². The first-order valence-corrected chi connectivity index (χ1v) is 23.4. The Morgan fingerprint density at radius 2 is 0.800 bits per heavy atom. The van der Waals surface area contributed by atoms with Gasteiger partial charge in [0.25, 0.3) is 0 Å². The lowest BCUT2D eigenvalue weighted by Crippen LogP contribution is -2.32. The van der Waals surface area contributed by atoms with Crippen LogP contribution in [0.2, 0.25) is 0 Å². The summed E-state index contributed by atoms with van der Waals surface area (Å²) in [4.78, 5) is 12.4. The van der Waals surface area contributed by atoms with Gasteiger partial charge in [0.15, 0.2) is 0 Å². The quantitative estimate of drug-likeness (QED) is 0.0492. The largest absolute Gasteiger partial charge is 0.352 e. The monoisotopic (exact) mass is 703 g/mol. The Bertz CT molecular complexity index is 735. The average Bonchev–Trinajstić information content (AvgIpc) is 3.57. The van der Waals surface area contributed by atoms with Crippen LogP contribution in [0, 0.1) is 0 Å². The molecule has 0 aromatic rings. The Hall–Kier alpha value is -1.06. The van der Waals surface area contributed by atoms with Crippen molar-refractivity contribution >= 4 is 11.7 Å². The highest BCUT2D eigenvalue weighted by Gasteiger charge is 2.19. The van der Waals surface area contributed by atoms with E-state index < -0.39 is 0 Å². The van der Waals surface area contributed by atoms with Gasteiger partial charge in [0.1, 0.15) is 19.6 Å². The number of carbonyl (C=O) groups is 1. The van der Waals surface area contributed by atoms with E-state index in [4.69, 9.17) is 0 Å². The third-order valence-electron chi connectivity index (χ3n) is 11.3. The smallest absolute Gasteiger partial charge is 0.244 e. The Kier molecular flexibility index (Phi) is 36.8. The second-order valence-corrected chi connectivity index (χ2v) is 16.2. The molecule has 0 saturated carbocycles. The molecule has 296 valence electrons. The first kappa shape index (κ1) is 47.0. The minimum absolute atomic E-state index is 0.249. The summed E-state index contributed by atoms with van der Waals surface area (Å²) in [7, 11) is 0. The molecule has 50 heavy (non-hydrogen) atoms. The van der Waals surface area contributed by atoms with Gasteiger partial charge in [-0.1, -0.05) is 232 Å². The van der Waals surface area contributed by atoms with E-state index in [1.807, 2.05) is 0 Å². The lowest BCUT2D eigenvalue weighted by Gasteiger charge is -2.07. The fourth-order valence-electron chi connectivity index (χ4n) is 7.88. The molecule has 0 aromatic heterocycles. The maximum absolute atomic E-state index is 12.4. The van der Waals surface area contributed by atoms with Crippen molar-refractivity contribution in [3.63, 3.8) is 0 Å². The molecule has 1 heterocycles. The number of nitrogens with one attached hydrogen (secondary N) is 2. The molecule has 2 N–H and O–H groups in total.